The van der Waals surface area contributed by atoms with Gasteiger partial charge in [-0.1, -0.05) is 18.2 Å². The molecule has 2 amide bonds. The van der Waals surface area contributed by atoms with E-state index in [0.717, 1.165) is 10.9 Å². The van der Waals surface area contributed by atoms with Crippen LogP contribution in [0, 0.1) is 0 Å². The van der Waals surface area contributed by atoms with Crippen LogP contribution in [0.1, 0.15) is 45.7 Å². The molecule has 1 aliphatic rings. The lowest BCUT2D eigenvalue weighted by Gasteiger charge is -2.26. The molecule has 38 heavy (non-hydrogen) atoms. The Balaban J connectivity index is 1.30. The quantitative estimate of drug-likeness (QED) is 0.449. The smallest absolute Gasteiger partial charge is 0.419 e. The van der Waals surface area contributed by atoms with Crippen molar-refractivity contribution in [3.8, 4) is 5.75 Å². The predicted octanol–water partition coefficient (Wildman–Crippen LogP) is 4.97. The fraction of sp³-hybridized carbons (Fsp3) is 0.414. The van der Waals surface area contributed by atoms with Crippen molar-refractivity contribution >= 4 is 34.5 Å². The maximum absolute atomic E-state index is 12.9. The van der Waals surface area contributed by atoms with Crippen molar-refractivity contribution in [3.63, 3.8) is 0 Å². The fourth-order valence-electron chi connectivity index (χ4n) is 4.23. The Labute approximate surface area is 222 Å². The molecule has 0 saturated carbocycles. The van der Waals surface area contributed by atoms with Gasteiger partial charge in [0.15, 0.2) is 0 Å². The summed E-state index contributed by atoms with van der Waals surface area (Å²) in [5.41, 5.74) is 1.44. The Bertz CT molecular complexity index is 1270. The third kappa shape index (κ3) is 7.35. The summed E-state index contributed by atoms with van der Waals surface area (Å²) in [4.78, 5) is 39.2. The highest BCUT2D eigenvalue weighted by atomic mass is 16.6. The summed E-state index contributed by atoms with van der Waals surface area (Å²) in [5, 5.41) is 3.77. The molecule has 3 aromatic rings. The lowest BCUT2D eigenvalue weighted by atomic mass is 10.2. The van der Waals surface area contributed by atoms with E-state index in [-0.39, 0.29) is 24.8 Å². The maximum atomic E-state index is 12.9. The van der Waals surface area contributed by atoms with Gasteiger partial charge in [-0.05, 0) is 63.6 Å². The molecule has 9 heteroatoms. The van der Waals surface area contributed by atoms with E-state index in [4.69, 9.17) is 14.2 Å². The number of carbonyl (C=O) groups excluding carboxylic acids is 3. The first kappa shape index (κ1) is 27.2. The molecule has 1 saturated heterocycles. The van der Waals surface area contributed by atoms with Gasteiger partial charge in [0.1, 0.15) is 18.0 Å². The molecule has 1 aliphatic heterocycles. The van der Waals surface area contributed by atoms with Crippen molar-refractivity contribution in [2.45, 2.75) is 52.2 Å². The molecule has 0 atom stereocenters. The molecular weight excluding hydrogens is 486 g/mol. The fourth-order valence-corrected chi connectivity index (χ4v) is 4.23. The second-order valence-corrected chi connectivity index (χ2v) is 10.2. The van der Waals surface area contributed by atoms with E-state index in [1.54, 1.807) is 33.7 Å². The average molecular weight is 522 g/mol. The van der Waals surface area contributed by atoms with Gasteiger partial charge in [0, 0.05) is 37.0 Å². The van der Waals surface area contributed by atoms with E-state index >= 15 is 0 Å². The van der Waals surface area contributed by atoms with Crippen LogP contribution >= 0.6 is 0 Å². The van der Waals surface area contributed by atoms with Gasteiger partial charge in [-0.25, -0.2) is 9.36 Å². The summed E-state index contributed by atoms with van der Waals surface area (Å²) >= 11 is 0. The van der Waals surface area contributed by atoms with Gasteiger partial charge in [-0.2, -0.15) is 0 Å². The van der Waals surface area contributed by atoms with Crippen LogP contribution in [0.4, 0.5) is 10.5 Å². The van der Waals surface area contributed by atoms with Gasteiger partial charge < -0.3 is 24.4 Å². The van der Waals surface area contributed by atoms with Crippen LogP contribution in [0.5, 0.6) is 5.75 Å². The zero-order valence-corrected chi connectivity index (χ0v) is 22.2. The zero-order valence-electron chi connectivity index (χ0n) is 22.2. The summed E-state index contributed by atoms with van der Waals surface area (Å²) in [6.07, 6.45) is 0.653. The number of ether oxygens (including phenoxy) is 3. The highest BCUT2D eigenvalue weighted by molar-refractivity contribution is 5.91. The molecule has 2 heterocycles. The molecule has 0 radical (unpaired) electrons. The Morgan fingerprint density at radius 2 is 1.68 bits per heavy atom. The number of fused-ring (bicyclic) bond motifs is 1. The summed E-state index contributed by atoms with van der Waals surface area (Å²) in [7, 11) is 0. The Morgan fingerprint density at radius 3 is 2.39 bits per heavy atom. The van der Waals surface area contributed by atoms with Crippen molar-refractivity contribution in [2.24, 2.45) is 0 Å². The Kier molecular flexibility index (Phi) is 8.68. The van der Waals surface area contributed by atoms with Gasteiger partial charge in [0.05, 0.1) is 24.4 Å². The second-order valence-electron chi connectivity index (χ2n) is 10.2. The van der Waals surface area contributed by atoms with Gasteiger partial charge in [-0.3, -0.25) is 9.59 Å². The van der Waals surface area contributed by atoms with Crippen molar-refractivity contribution in [1.29, 1.82) is 0 Å². The number of carbonyl (C=O) groups is 3. The van der Waals surface area contributed by atoms with E-state index in [1.807, 2.05) is 51.1 Å². The summed E-state index contributed by atoms with van der Waals surface area (Å²) in [6.45, 7) is 8.02. The molecule has 1 aromatic heterocycles. The van der Waals surface area contributed by atoms with Crippen molar-refractivity contribution < 1.29 is 28.6 Å². The molecular formula is C29H35N3O6. The first-order valence-corrected chi connectivity index (χ1v) is 12.9. The molecule has 0 unspecified atom stereocenters. The topological polar surface area (TPSA) is 99.1 Å². The highest BCUT2D eigenvalue weighted by Gasteiger charge is 2.22. The van der Waals surface area contributed by atoms with Gasteiger partial charge >= 0.3 is 6.09 Å². The molecule has 0 aliphatic carbocycles. The van der Waals surface area contributed by atoms with Crippen LogP contribution in [0.3, 0.4) is 0 Å². The van der Waals surface area contributed by atoms with E-state index in [1.165, 1.54) is 0 Å². The van der Waals surface area contributed by atoms with Crippen LogP contribution in [0.15, 0.2) is 54.6 Å². The van der Waals surface area contributed by atoms with E-state index < -0.39 is 11.7 Å². The number of morpholine rings is 1. The first-order valence-electron chi connectivity index (χ1n) is 12.9. The predicted molar refractivity (Wildman–Crippen MR) is 144 cm³/mol. The van der Waals surface area contributed by atoms with Crippen LogP contribution in [-0.2, 0) is 25.7 Å². The second kappa shape index (κ2) is 12.1. The van der Waals surface area contributed by atoms with E-state index in [2.05, 4.69) is 5.32 Å². The van der Waals surface area contributed by atoms with Crippen LogP contribution < -0.4 is 10.1 Å². The number of hydrogen-bond acceptors (Lipinski definition) is 6. The van der Waals surface area contributed by atoms with Gasteiger partial charge in [-0.15, -0.1) is 0 Å². The molecule has 1 fully saturated rings. The summed E-state index contributed by atoms with van der Waals surface area (Å²) < 4.78 is 18.4. The van der Waals surface area contributed by atoms with Crippen molar-refractivity contribution in [2.75, 3.05) is 31.6 Å². The summed E-state index contributed by atoms with van der Waals surface area (Å²) in [6, 6.07) is 16.6. The number of anilines is 1. The highest BCUT2D eigenvalue weighted by Crippen LogP contribution is 2.24. The standard InChI is InChI=1S/C29H35N3O6/c1-29(2,3)38-28(35)32-23(19-21-7-4-5-8-25(21)32)20-37-24-13-11-22(12-14-24)30-26(33)9-6-10-27(34)31-15-17-36-18-16-31/h4-5,7-8,11-14,19H,6,9-10,15-18,20H2,1-3H3,(H,30,33). The van der Waals surface area contributed by atoms with Crippen molar-refractivity contribution in [3.05, 3.63) is 60.3 Å². The van der Waals surface area contributed by atoms with Crippen LogP contribution in [0.2, 0.25) is 0 Å². The molecule has 202 valence electrons. The maximum Gasteiger partial charge on any atom is 0.419 e. The van der Waals surface area contributed by atoms with Crippen LogP contribution in [-0.4, -0.2) is 59.3 Å². The number of nitrogens with zero attached hydrogens (tertiary/aromatic N) is 2. The van der Waals surface area contributed by atoms with Gasteiger partial charge in [0.2, 0.25) is 11.8 Å². The third-order valence-electron chi connectivity index (χ3n) is 6.05. The van der Waals surface area contributed by atoms with E-state index in [9.17, 15) is 14.4 Å². The molecule has 4 rings (SSSR count). The van der Waals surface area contributed by atoms with Crippen molar-refractivity contribution in [1.82, 2.24) is 9.47 Å². The molecule has 9 nitrogen and oxygen atoms in total. The average Bonchev–Trinajstić information content (AvgIpc) is 3.26. The van der Waals surface area contributed by atoms with Gasteiger partial charge in [0.25, 0.3) is 0 Å². The number of para-hydroxylation sites is 1. The number of hydrogen-bond donors (Lipinski definition) is 1. The lowest BCUT2D eigenvalue weighted by molar-refractivity contribution is -0.135. The monoisotopic (exact) mass is 521 g/mol. The SMILES string of the molecule is CC(C)(C)OC(=O)n1c(COc2ccc(NC(=O)CCCC(=O)N3CCOCC3)cc2)cc2ccccc21. The lowest BCUT2D eigenvalue weighted by Crippen LogP contribution is -2.40. The van der Waals surface area contributed by atoms with Crippen LogP contribution in [0.25, 0.3) is 10.9 Å². The Morgan fingerprint density at radius 1 is 0.974 bits per heavy atom. The minimum absolute atomic E-state index is 0.0632. The zero-order chi connectivity index (χ0) is 27.1. The molecule has 1 N–H and O–H groups in total. The molecule has 0 spiro atoms. The molecule has 0 bridgehead atoms. The number of benzene rings is 2. The Hall–Kier alpha value is -3.85. The number of nitrogens with one attached hydrogen (secondary N) is 1. The number of rotatable bonds is 8. The third-order valence-corrected chi connectivity index (χ3v) is 6.05. The van der Waals surface area contributed by atoms with E-state index in [0.29, 0.717) is 56.3 Å². The number of amides is 2. The summed E-state index contributed by atoms with van der Waals surface area (Å²) in [5.74, 6) is 0.517. The minimum Gasteiger partial charge on any atom is -0.487 e. The minimum atomic E-state index is -0.626. The normalized spacial score (nSPS) is 13.8. The largest absolute Gasteiger partial charge is 0.487 e. The molecule has 2 aromatic carbocycles. The first-order chi connectivity index (χ1) is 18.2. The number of aromatic nitrogens is 1.